The number of aliphatic hydroxyl groups is 1. The van der Waals surface area contributed by atoms with Crippen LogP contribution >= 0.6 is 0 Å². The third-order valence-electron chi connectivity index (χ3n) is 3.10. The van der Waals surface area contributed by atoms with E-state index in [1.807, 2.05) is 19.1 Å². The maximum Gasteiger partial charge on any atom is 0.141 e. The van der Waals surface area contributed by atoms with Gasteiger partial charge in [0.15, 0.2) is 0 Å². The van der Waals surface area contributed by atoms with Gasteiger partial charge in [-0.3, -0.25) is 4.98 Å². The molecule has 88 valence electrons. The van der Waals surface area contributed by atoms with Gasteiger partial charge in [0.05, 0.1) is 11.8 Å². The number of hydrogen-bond acceptors (Lipinski definition) is 3. The van der Waals surface area contributed by atoms with Gasteiger partial charge in [0.2, 0.25) is 0 Å². The molecule has 0 saturated heterocycles. The first-order valence-corrected chi connectivity index (χ1v) is 6.02. The molecule has 0 spiro atoms. The monoisotopic (exact) mass is 221 g/mol. The minimum atomic E-state index is -0.314. The number of nitrogens with zero attached hydrogens (tertiary/aromatic N) is 1. The molecule has 1 aliphatic carbocycles. The molecule has 2 atom stereocenters. The summed E-state index contributed by atoms with van der Waals surface area (Å²) in [5.74, 6) is 0.832. The van der Waals surface area contributed by atoms with Crippen molar-refractivity contribution >= 4 is 0 Å². The van der Waals surface area contributed by atoms with Crippen molar-refractivity contribution in [2.45, 2.75) is 51.7 Å². The fourth-order valence-corrected chi connectivity index (χ4v) is 2.17. The van der Waals surface area contributed by atoms with Crippen LogP contribution in [0.1, 0.15) is 37.6 Å². The highest BCUT2D eigenvalue weighted by molar-refractivity contribution is 5.29. The zero-order valence-electron chi connectivity index (χ0n) is 9.94. The summed E-state index contributed by atoms with van der Waals surface area (Å²) in [6.07, 6.45) is 3.34. The van der Waals surface area contributed by atoms with Gasteiger partial charge in [0.25, 0.3) is 0 Å². The van der Waals surface area contributed by atoms with Crippen LogP contribution in [0, 0.1) is 6.92 Å². The highest BCUT2D eigenvalue weighted by atomic mass is 16.5. The van der Waals surface area contributed by atoms with Gasteiger partial charge in [0.1, 0.15) is 11.9 Å². The molecule has 1 heterocycles. The number of pyridine rings is 1. The SMILES string of the molecule is CCc1nc(C)ccc1OC1CCCC1O. The Labute approximate surface area is 96.5 Å². The minimum Gasteiger partial charge on any atom is -0.486 e. The molecule has 0 aromatic carbocycles. The summed E-state index contributed by atoms with van der Waals surface area (Å²) in [6, 6.07) is 3.92. The molecule has 0 radical (unpaired) electrons. The Morgan fingerprint density at radius 1 is 1.44 bits per heavy atom. The van der Waals surface area contributed by atoms with Crippen LogP contribution in [0.25, 0.3) is 0 Å². The highest BCUT2D eigenvalue weighted by Crippen LogP contribution is 2.26. The van der Waals surface area contributed by atoms with Crippen LogP contribution in [0.15, 0.2) is 12.1 Å². The van der Waals surface area contributed by atoms with Crippen LogP contribution in [0.3, 0.4) is 0 Å². The molecule has 1 aliphatic rings. The van der Waals surface area contributed by atoms with E-state index in [1.165, 1.54) is 0 Å². The van der Waals surface area contributed by atoms with Gasteiger partial charge in [-0.05, 0) is 44.7 Å². The third kappa shape index (κ3) is 2.35. The number of aromatic nitrogens is 1. The van der Waals surface area contributed by atoms with Crippen LogP contribution in [-0.2, 0) is 6.42 Å². The fraction of sp³-hybridized carbons (Fsp3) is 0.615. The van der Waals surface area contributed by atoms with Crippen molar-refractivity contribution in [3.05, 3.63) is 23.5 Å². The van der Waals surface area contributed by atoms with Crippen molar-refractivity contribution in [3.63, 3.8) is 0 Å². The van der Waals surface area contributed by atoms with Crippen LogP contribution in [0.2, 0.25) is 0 Å². The van der Waals surface area contributed by atoms with Gasteiger partial charge in [-0.15, -0.1) is 0 Å². The molecule has 2 rings (SSSR count). The molecule has 16 heavy (non-hydrogen) atoms. The van der Waals surface area contributed by atoms with Gasteiger partial charge in [-0.25, -0.2) is 0 Å². The Hall–Kier alpha value is -1.09. The topological polar surface area (TPSA) is 42.4 Å². The van der Waals surface area contributed by atoms with E-state index in [0.29, 0.717) is 0 Å². The van der Waals surface area contributed by atoms with Crippen LogP contribution in [0.5, 0.6) is 5.75 Å². The number of ether oxygens (including phenoxy) is 1. The van der Waals surface area contributed by atoms with E-state index in [-0.39, 0.29) is 12.2 Å². The molecule has 1 aromatic heterocycles. The van der Waals surface area contributed by atoms with Gasteiger partial charge in [0, 0.05) is 5.69 Å². The second-order valence-corrected chi connectivity index (χ2v) is 4.41. The molecule has 3 heteroatoms. The summed E-state index contributed by atoms with van der Waals surface area (Å²) >= 11 is 0. The Balaban J connectivity index is 2.14. The maximum absolute atomic E-state index is 9.72. The van der Waals surface area contributed by atoms with Crippen LogP contribution in [0.4, 0.5) is 0 Å². The Morgan fingerprint density at radius 2 is 2.25 bits per heavy atom. The molecule has 0 aliphatic heterocycles. The summed E-state index contributed by atoms with van der Waals surface area (Å²) in [6.45, 7) is 4.05. The molecule has 1 saturated carbocycles. The lowest BCUT2D eigenvalue weighted by Gasteiger charge is -2.18. The molecular formula is C13H19NO2. The first-order chi connectivity index (χ1) is 7.70. The zero-order chi connectivity index (χ0) is 11.5. The highest BCUT2D eigenvalue weighted by Gasteiger charge is 2.27. The number of aryl methyl sites for hydroxylation is 2. The molecular weight excluding hydrogens is 202 g/mol. The first kappa shape index (κ1) is 11.4. The summed E-state index contributed by atoms with van der Waals surface area (Å²) in [7, 11) is 0. The predicted molar refractivity (Wildman–Crippen MR) is 62.6 cm³/mol. The zero-order valence-corrected chi connectivity index (χ0v) is 9.94. The lowest BCUT2D eigenvalue weighted by molar-refractivity contribution is 0.0595. The van der Waals surface area contributed by atoms with Gasteiger partial charge in [-0.2, -0.15) is 0 Å². The quantitative estimate of drug-likeness (QED) is 0.851. The average Bonchev–Trinajstić information content (AvgIpc) is 2.67. The third-order valence-corrected chi connectivity index (χ3v) is 3.10. The first-order valence-electron chi connectivity index (χ1n) is 6.02. The molecule has 1 fully saturated rings. The van der Waals surface area contributed by atoms with E-state index in [0.717, 1.165) is 42.8 Å². The number of rotatable bonds is 3. The van der Waals surface area contributed by atoms with Crippen molar-refractivity contribution in [2.75, 3.05) is 0 Å². The number of aliphatic hydroxyl groups excluding tert-OH is 1. The molecule has 2 unspecified atom stereocenters. The van der Waals surface area contributed by atoms with Crippen molar-refractivity contribution in [2.24, 2.45) is 0 Å². The van der Waals surface area contributed by atoms with E-state index in [1.54, 1.807) is 0 Å². The summed E-state index contributed by atoms with van der Waals surface area (Å²) in [5.41, 5.74) is 2.00. The van der Waals surface area contributed by atoms with Crippen LogP contribution < -0.4 is 4.74 Å². The van der Waals surface area contributed by atoms with E-state index in [2.05, 4.69) is 11.9 Å². The molecule has 1 N–H and O–H groups in total. The van der Waals surface area contributed by atoms with Crippen molar-refractivity contribution in [1.82, 2.24) is 4.98 Å². The average molecular weight is 221 g/mol. The summed E-state index contributed by atoms with van der Waals surface area (Å²) in [5, 5.41) is 9.72. The molecule has 3 nitrogen and oxygen atoms in total. The second-order valence-electron chi connectivity index (χ2n) is 4.41. The van der Waals surface area contributed by atoms with E-state index in [4.69, 9.17) is 4.74 Å². The van der Waals surface area contributed by atoms with Crippen molar-refractivity contribution in [3.8, 4) is 5.75 Å². The summed E-state index contributed by atoms with van der Waals surface area (Å²) < 4.78 is 5.85. The van der Waals surface area contributed by atoms with Crippen LogP contribution in [-0.4, -0.2) is 22.3 Å². The van der Waals surface area contributed by atoms with Gasteiger partial charge < -0.3 is 9.84 Å². The number of hydrogen-bond donors (Lipinski definition) is 1. The molecule has 1 aromatic rings. The normalized spacial score (nSPS) is 24.7. The molecule has 0 amide bonds. The standard InChI is InChI=1S/C13H19NO2/c1-3-10-12(8-7-9(2)14-10)16-13-6-4-5-11(13)15/h7-8,11,13,15H,3-6H2,1-2H3. The second kappa shape index (κ2) is 4.83. The lowest BCUT2D eigenvalue weighted by Crippen LogP contribution is -2.26. The minimum absolute atomic E-state index is 0.0465. The maximum atomic E-state index is 9.72. The predicted octanol–water partition coefficient (Wildman–Crippen LogP) is 2.24. The van der Waals surface area contributed by atoms with Gasteiger partial charge >= 0.3 is 0 Å². The van der Waals surface area contributed by atoms with Crippen molar-refractivity contribution in [1.29, 1.82) is 0 Å². The van der Waals surface area contributed by atoms with Crippen molar-refractivity contribution < 1.29 is 9.84 Å². The van der Waals surface area contributed by atoms with E-state index < -0.39 is 0 Å². The Morgan fingerprint density at radius 3 is 2.88 bits per heavy atom. The lowest BCUT2D eigenvalue weighted by atomic mass is 10.2. The summed E-state index contributed by atoms with van der Waals surface area (Å²) in [4.78, 5) is 4.45. The van der Waals surface area contributed by atoms with E-state index in [9.17, 15) is 5.11 Å². The fourth-order valence-electron chi connectivity index (χ4n) is 2.17. The molecule has 0 bridgehead atoms. The largest absolute Gasteiger partial charge is 0.486 e. The van der Waals surface area contributed by atoms with E-state index >= 15 is 0 Å². The smallest absolute Gasteiger partial charge is 0.141 e. The Bertz CT molecular complexity index is 365. The Kier molecular flexibility index (Phi) is 3.44. The van der Waals surface area contributed by atoms with Gasteiger partial charge in [-0.1, -0.05) is 6.92 Å².